The van der Waals surface area contributed by atoms with E-state index in [1.807, 2.05) is 6.92 Å². The lowest BCUT2D eigenvalue weighted by Crippen LogP contribution is -2.41. The van der Waals surface area contributed by atoms with Crippen LogP contribution in [0.2, 0.25) is 0 Å². The second-order valence-corrected chi connectivity index (χ2v) is 8.13. The monoisotopic (exact) mass is 436 g/mol. The van der Waals surface area contributed by atoms with E-state index in [2.05, 4.69) is 15.3 Å². The quantitative estimate of drug-likeness (QED) is 0.733. The summed E-state index contributed by atoms with van der Waals surface area (Å²) in [6, 6.07) is 6.89. The number of morpholine rings is 1. The molecule has 2 aromatic rings. The number of rotatable bonds is 6. The number of nitrogens with zero attached hydrogens (tertiary/aromatic N) is 3. The number of aromatic nitrogens is 2. The molecule has 1 amide bonds. The number of anilines is 3. The number of alkyl halides is 3. The zero-order valence-corrected chi connectivity index (χ0v) is 17.0. The summed E-state index contributed by atoms with van der Waals surface area (Å²) in [7, 11) is 0. The molecule has 0 spiro atoms. The third kappa shape index (κ3) is 4.90. The predicted molar refractivity (Wildman–Crippen MR) is 107 cm³/mol. The molecular weight excluding hydrogens is 413 g/mol. The Morgan fingerprint density at radius 1 is 1.26 bits per heavy atom. The van der Waals surface area contributed by atoms with Gasteiger partial charge >= 0.3 is 6.18 Å². The van der Waals surface area contributed by atoms with Crippen molar-refractivity contribution in [2.45, 2.75) is 32.4 Å². The van der Waals surface area contributed by atoms with Gasteiger partial charge in [-0.2, -0.15) is 18.2 Å². The first kappa shape index (κ1) is 21.4. The predicted octanol–water partition coefficient (Wildman–Crippen LogP) is 4.17. The van der Waals surface area contributed by atoms with Gasteiger partial charge in [0.2, 0.25) is 11.8 Å². The van der Waals surface area contributed by atoms with Gasteiger partial charge in [-0.15, -0.1) is 0 Å². The van der Waals surface area contributed by atoms with E-state index in [1.165, 1.54) is 0 Å². The second-order valence-electron chi connectivity index (χ2n) is 8.13. The summed E-state index contributed by atoms with van der Waals surface area (Å²) in [5, 5.41) is 2.89. The van der Waals surface area contributed by atoms with Crippen molar-refractivity contribution in [3.63, 3.8) is 0 Å². The molecule has 7 nitrogen and oxygen atoms in total. The van der Waals surface area contributed by atoms with Crippen molar-refractivity contribution in [2.24, 2.45) is 5.41 Å². The first-order valence-corrected chi connectivity index (χ1v) is 10.1. The average Bonchev–Trinajstić information content (AvgIpc) is 2.71. The zero-order chi connectivity index (χ0) is 22.1. The molecule has 2 aliphatic rings. The topological polar surface area (TPSA) is 76.6 Å². The van der Waals surface area contributed by atoms with Gasteiger partial charge in [0.05, 0.1) is 13.2 Å². The fourth-order valence-electron chi connectivity index (χ4n) is 3.54. The van der Waals surface area contributed by atoms with Crippen molar-refractivity contribution in [3.05, 3.63) is 36.0 Å². The Kier molecular flexibility index (Phi) is 5.74. The molecule has 1 N–H and O–H groups in total. The lowest BCUT2D eigenvalue weighted by molar-refractivity contribution is -0.140. The Morgan fingerprint density at radius 2 is 2.00 bits per heavy atom. The van der Waals surface area contributed by atoms with Gasteiger partial charge in [0.1, 0.15) is 12.2 Å². The van der Waals surface area contributed by atoms with Crippen LogP contribution >= 0.6 is 0 Å². The molecule has 2 fully saturated rings. The molecule has 1 saturated carbocycles. The van der Waals surface area contributed by atoms with Gasteiger partial charge in [0.15, 0.2) is 0 Å². The number of hydrogen-bond donors (Lipinski definition) is 1. The number of hydrogen-bond acceptors (Lipinski definition) is 6. The summed E-state index contributed by atoms with van der Waals surface area (Å²) in [5.41, 5.74) is 0.168. The maximum atomic E-state index is 13.4. The molecule has 0 radical (unpaired) electrons. The molecule has 1 aromatic carbocycles. The molecule has 10 heteroatoms. The van der Waals surface area contributed by atoms with E-state index in [0.29, 0.717) is 24.5 Å². The number of nitrogens with one attached hydrogen (secondary N) is 1. The van der Waals surface area contributed by atoms with Crippen LogP contribution in [0.25, 0.3) is 0 Å². The lowest BCUT2D eigenvalue weighted by Gasteiger charge is -2.37. The second kappa shape index (κ2) is 8.33. The molecule has 1 aliphatic carbocycles. The van der Waals surface area contributed by atoms with Crippen LogP contribution in [0.15, 0.2) is 30.5 Å². The van der Waals surface area contributed by atoms with E-state index in [4.69, 9.17) is 9.47 Å². The van der Waals surface area contributed by atoms with Gasteiger partial charge in [-0.1, -0.05) is 13.3 Å². The van der Waals surface area contributed by atoms with E-state index in [-0.39, 0.29) is 30.5 Å². The van der Waals surface area contributed by atoms with Gasteiger partial charge in [-0.05, 0) is 37.1 Å². The highest BCUT2D eigenvalue weighted by atomic mass is 19.4. The van der Waals surface area contributed by atoms with Gasteiger partial charge in [-0.25, -0.2) is 4.98 Å². The first-order chi connectivity index (χ1) is 14.7. The first-order valence-electron chi connectivity index (χ1n) is 10.1. The number of ether oxygens (including phenoxy) is 2. The zero-order valence-electron chi connectivity index (χ0n) is 17.0. The van der Waals surface area contributed by atoms with Crippen LogP contribution in [0.3, 0.4) is 0 Å². The highest BCUT2D eigenvalue weighted by Gasteiger charge is 2.38. The normalized spacial score (nSPS) is 18.5. The number of amides is 1. The van der Waals surface area contributed by atoms with Crippen molar-refractivity contribution >= 4 is 23.2 Å². The molecule has 1 saturated heterocycles. The van der Waals surface area contributed by atoms with E-state index in [1.54, 1.807) is 29.2 Å². The van der Waals surface area contributed by atoms with Gasteiger partial charge in [0, 0.05) is 29.5 Å². The van der Waals surface area contributed by atoms with Crippen molar-refractivity contribution in [1.29, 1.82) is 0 Å². The molecule has 31 heavy (non-hydrogen) atoms. The van der Waals surface area contributed by atoms with Crippen molar-refractivity contribution in [3.8, 4) is 5.88 Å². The molecule has 2 heterocycles. The largest absolute Gasteiger partial charge is 0.477 e. The van der Waals surface area contributed by atoms with Crippen LogP contribution in [0.5, 0.6) is 5.88 Å². The third-order valence-corrected chi connectivity index (χ3v) is 5.60. The van der Waals surface area contributed by atoms with Crippen LogP contribution in [0, 0.1) is 5.41 Å². The average molecular weight is 436 g/mol. The van der Waals surface area contributed by atoms with Gasteiger partial charge in [0.25, 0.3) is 5.91 Å². The summed E-state index contributed by atoms with van der Waals surface area (Å²) in [5.74, 6) is -0.606. The fraction of sp³-hybridized carbons (Fsp3) is 0.476. The van der Waals surface area contributed by atoms with Crippen molar-refractivity contribution in [2.75, 3.05) is 36.6 Å². The summed E-state index contributed by atoms with van der Waals surface area (Å²) in [4.78, 5) is 21.3. The number of halogens is 3. The molecule has 1 aliphatic heterocycles. The Bertz CT molecular complexity index is 946. The number of carbonyl (C=O) groups is 1. The third-order valence-electron chi connectivity index (χ3n) is 5.60. The molecule has 0 bridgehead atoms. The maximum Gasteiger partial charge on any atom is 0.423 e. The SMILES string of the molecule is CC1(COc2nc(Nc3ccc(N4CCOCC4=O)cc3)ncc2C(F)(F)F)CCC1. The van der Waals surface area contributed by atoms with E-state index < -0.39 is 17.6 Å². The van der Waals surface area contributed by atoms with Gasteiger partial charge < -0.3 is 19.7 Å². The lowest BCUT2D eigenvalue weighted by atomic mass is 9.71. The minimum absolute atomic E-state index is 0.00281. The van der Waals surface area contributed by atoms with Crippen LogP contribution in [-0.4, -0.2) is 42.2 Å². The van der Waals surface area contributed by atoms with Crippen LogP contribution in [0.4, 0.5) is 30.5 Å². The van der Waals surface area contributed by atoms with Crippen LogP contribution < -0.4 is 15.0 Å². The van der Waals surface area contributed by atoms with Gasteiger partial charge in [-0.3, -0.25) is 4.79 Å². The van der Waals surface area contributed by atoms with Crippen molar-refractivity contribution < 1.29 is 27.4 Å². The fourth-order valence-corrected chi connectivity index (χ4v) is 3.54. The molecule has 0 unspecified atom stereocenters. The summed E-state index contributed by atoms with van der Waals surface area (Å²) in [6.07, 6.45) is -0.991. The molecule has 4 rings (SSSR count). The highest BCUT2D eigenvalue weighted by Crippen LogP contribution is 2.42. The van der Waals surface area contributed by atoms with E-state index in [9.17, 15) is 18.0 Å². The molecule has 166 valence electrons. The molecule has 1 aromatic heterocycles. The van der Waals surface area contributed by atoms with Crippen LogP contribution in [0.1, 0.15) is 31.7 Å². The minimum Gasteiger partial charge on any atom is -0.477 e. The number of carbonyl (C=O) groups excluding carboxylic acids is 1. The Balaban J connectivity index is 1.49. The van der Waals surface area contributed by atoms with E-state index >= 15 is 0 Å². The summed E-state index contributed by atoms with van der Waals surface area (Å²) in [6.45, 7) is 3.14. The van der Waals surface area contributed by atoms with Crippen molar-refractivity contribution in [1.82, 2.24) is 9.97 Å². The maximum absolute atomic E-state index is 13.4. The highest BCUT2D eigenvalue weighted by molar-refractivity contribution is 5.95. The Hall–Kier alpha value is -2.88. The molecular formula is C21H23F3N4O3. The summed E-state index contributed by atoms with van der Waals surface area (Å²) >= 11 is 0. The number of benzene rings is 1. The Labute approximate surface area is 177 Å². The minimum atomic E-state index is -4.61. The van der Waals surface area contributed by atoms with Crippen LogP contribution in [-0.2, 0) is 15.7 Å². The smallest absolute Gasteiger partial charge is 0.423 e. The molecule has 0 atom stereocenters. The Morgan fingerprint density at radius 3 is 2.61 bits per heavy atom. The summed E-state index contributed by atoms with van der Waals surface area (Å²) < 4.78 is 50.7. The van der Waals surface area contributed by atoms with E-state index in [0.717, 1.165) is 25.5 Å². The standard InChI is InChI=1S/C21H23F3N4O3/c1-20(7-2-8-20)13-31-18-16(21(22,23)24)11-25-19(27-18)26-14-3-5-15(6-4-14)28-9-10-30-12-17(28)29/h3-6,11H,2,7-10,12-13H2,1H3,(H,25,26,27).